The zero-order chi connectivity index (χ0) is 21.8. The molecular formula is C25H21FN2O2S. The van der Waals surface area contributed by atoms with Gasteiger partial charge in [-0.05, 0) is 60.9 Å². The fourth-order valence-electron chi connectivity index (χ4n) is 4.35. The van der Waals surface area contributed by atoms with Crippen LogP contribution in [0.25, 0.3) is 0 Å². The Balaban J connectivity index is 1.63. The molecule has 1 saturated heterocycles. The Morgan fingerprint density at radius 3 is 2.45 bits per heavy atom. The summed E-state index contributed by atoms with van der Waals surface area (Å²) in [4.78, 5) is 29.3. The number of hydrogen-bond acceptors (Lipinski definition) is 3. The van der Waals surface area contributed by atoms with Crippen LogP contribution < -0.4 is 9.80 Å². The Labute approximate surface area is 184 Å². The van der Waals surface area contributed by atoms with Gasteiger partial charge in [-0.25, -0.2) is 4.39 Å². The van der Waals surface area contributed by atoms with Crippen molar-refractivity contribution in [3.05, 3.63) is 94.8 Å². The van der Waals surface area contributed by atoms with E-state index in [-0.39, 0.29) is 23.4 Å². The summed E-state index contributed by atoms with van der Waals surface area (Å²) in [5.74, 6) is -0.310. The first kappa shape index (κ1) is 19.8. The Morgan fingerprint density at radius 1 is 0.968 bits per heavy atom. The highest BCUT2D eigenvalue weighted by atomic mass is 32.2. The number of aryl methyl sites for hydroxylation is 2. The molecule has 0 N–H and O–H groups in total. The van der Waals surface area contributed by atoms with E-state index in [0.29, 0.717) is 6.54 Å². The number of thioether (sulfide) groups is 1. The first-order valence-corrected chi connectivity index (χ1v) is 11.1. The van der Waals surface area contributed by atoms with E-state index >= 15 is 0 Å². The van der Waals surface area contributed by atoms with Gasteiger partial charge in [0.25, 0.3) is 5.91 Å². The highest BCUT2D eigenvalue weighted by Gasteiger charge is 2.60. The minimum Gasteiger partial charge on any atom is -0.304 e. The van der Waals surface area contributed by atoms with Crippen molar-refractivity contribution < 1.29 is 14.0 Å². The standard InChI is InChI=1S/C25H21FN2O2S/c1-16-7-12-20(13-17(16)2)28-23(29)15-31-25(28)21-5-3-4-6-22(21)27(24(25)30)14-18-8-10-19(26)11-9-18/h3-13H,14-15H2,1-2H3/t25-/m0/s1. The predicted molar refractivity (Wildman–Crippen MR) is 122 cm³/mol. The van der Waals surface area contributed by atoms with Gasteiger partial charge in [-0.15, -0.1) is 11.8 Å². The van der Waals surface area contributed by atoms with Crippen LogP contribution in [-0.4, -0.2) is 17.6 Å². The highest BCUT2D eigenvalue weighted by Crippen LogP contribution is 2.56. The molecule has 4 nitrogen and oxygen atoms in total. The average molecular weight is 433 g/mol. The van der Waals surface area contributed by atoms with Crippen LogP contribution in [0.2, 0.25) is 0 Å². The molecule has 2 amide bonds. The molecule has 1 spiro atoms. The van der Waals surface area contributed by atoms with E-state index in [9.17, 15) is 14.0 Å². The Kier molecular flexibility index (Phi) is 4.63. The van der Waals surface area contributed by atoms with Crippen molar-refractivity contribution in [3.8, 4) is 0 Å². The lowest BCUT2D eigenvalue weighted by Crippen LogP contribution is -2.49. The van der Waals surface area contributed by atoms with Crippen LogP contribution in [0.5, 0.6) is 0 Å². The molecule has 2 aliphatic rings. The lowest BCUT2D eigenvalue weighted by Gasteiger charge is -2.33. The van der Waals surface area contributed by atoms with Crippen molar-refractivity contribution in [1.82, 2.24) is 0 Å². The van der Waals surface area contributed by atoms with Gasteiger partial charge in [0.2, 0.25) is 10.8 Å². The second-order valence-corrected chi connectivity index (χ2v) is 9.13. The minimum absolute atomic E-state index is 0.0833. The van der Waals surface area contributed by atoms with Crippen LogP contribution in [0.3, 0.4) is 0 Å². The van der Waals surface area contributed by atoms with E-state index in [0.717, 1.165) is 33.6 Å². The maximum Gasteiger partial charge on any atom is 0.269 e. The molecule has 0 aliphatic carbocycles. The Hall–Kier alpha value is -3.12. The van der Waals surface area contributed by atoms with Gasteiger partial charge < -0.3 is 4.90 Å². The third kappa shape index (κ3) is 2.97. The summed E-state index contributed by atoms with van der Waals surface area (Å²) in [5.41, 5.74) is 5.36. The van der Waals surface area contributed by atoms with Gasteiger partial charge in [0, 0.05) is 11.3 Å². The number of benzene rings is 3. The summed E-state index contributed by atoms with van der Waals surface area (Å²) in [6.07, 6.45) is 0. The number of rotatable bonds is 3. The lowest BCUT2D eigenvalue weighted by atomic mass is 10.0. The molecule has 0 unspecified atom stereocenters. The number of anilines is 2. The molecule has 3 aromatic rings. The number of hydrogen-bond donors (Lipinski definition) is 0. The number of nitrogens with zero attached hydrogens (tertiary/aromatic N) is 2. The number of fused-ring (bicyclic) bond motifs is 2. The molecule has 156 valence electrons. The summed E-state index contributed by atoms with van der Waals surface area (Å²) in [6, 6.07) is 19.7. The molecule has 0 saturated carbocycles. The predicted octanol–water partition coefficient (Wildman–Crippen LogP) is 4.92. The van der Waals surface area contributed by atoms with Gasteiger partial charge in [0.1, 0.15) is 5.82 Å². The van der Waals surface area contributed by atoms with Crippen molar-refractivity contribution in [2.45, 2.75) is 25.3 Å². The Bertz CT molecular complexity index is 1210. The van der Waals surface area contributed by atoms with Crippen molar-refractivity contribution in [1.29, 1.82) is 0 Å². The quantitative estimate of drug-likeness (QED) is 0.590. The van der Waals surface area contributed by atoms with Crippen LogP contribution in [0.1, 0.15) is 22.3 Å². The average Bonchev–Trinajstić information content (AvgIpc) is 3.23. The van der Waals surface area contributed by atoms with Crippen LogP contribution in [-0.2, 0) is 21.0 Å². The third-order valence-corrected chi connectivity index (χ3v) is 7.45. The maximum atomic E-state index is 14.0. The third-order valence-electron chi connectivity index (χ3n) is 6.07. The van der Waals surface area contributed by atoms with Gasteiger partial charge in [-0.3, -0.25) is 14.5 Å². The van der Waals surface area contributed by atoms with Gasteiger partial charge in [-0.2, -0.15) is 0 Å². The van der Waals surface area contributed by atoms with Crippen molar-refractivity contribution >= 4 is 35.0 Å². The molecule has 1 atom stereocenters. The fourth-order valence-corrected chi connectivity index (χ4v) is 5.71. The summed E-state index contributed by atoms with van der Waals surface area (Å²) in [7, 11) is 0. The van der Waals surface area contributed by atoms with Crippen LogP contribution in [0.15, 0.2) is 66.7 Å². The van der Waals surface area contributed by atoms with E-state index in [4.69, 9.17) is 0 Å². The lowest BCUT2D eigenvalue weighted by molar-refractivity contribution is -0.123. The van der Waals surface area contributed by atoms with Gasteiger partial charge >= 0.3 is 0 Å². The summed E-state index contributed by atoms with van der Waals surface area (Å²) in [6.45, 7) is 4.34. The molecule has 0 aromatic heterocycles. The molecule has 5 rings (SSSR count). The monoisotopic (exact) mass is 432 g/mol. The summed E-state index contributed by atoms with van der Waals surface area (Å²) >= 11 is 1.37. The van der Waals surface area contributed by atoms with E-state index in [1.54, 1.807) is 21.9 Å². The molecule has 0 bridgehead atoms. The molecule has 3 aromatic carbocycles. The first-order chi connectivity index (χ1) is 14.9. The number of para-hydroxylation sites is 1. The van der Waals surface area contributed by atoms with Crippen molar-refractivity contribution in [2.75, 3.05) is 15.6 Å². The normalized spacial score (nSPS) is 20.1. The van der Waals surface area contributed by atoms with E-state index in [2.05, 4.69) is 0 Å². The second-order valence-electron chi connectivity index (χ2n) is 7.97. The maximum absolute atomic E-state index is 14.0. The number of amides is 2. The molecule has 2 aliphatic heterocycles. The topological polar surface area (TPSA) is 40.6 Å². The molecule has 0 radical (unpaired) electrons. The van der Waals surface area contributed by atoms with Gasteiger partial charge in [0.15, 0.2) is 0 Å². The molecule has 1 fully saturated rings. The van der Waals surface area contributed by atoms with Crippen LogP contribution in [0, 0.1) is 19.7 Å². The highest BCUT2D eigenvalue weighted by molar-refractivity contribution is 8.02. The smallest absolute Gasteiger partial charge is 0.269 e. The molecule has 6 heteroatoms. The van der Waals surface area contributed by atoms with Gasteiger partial charge in [0.05, 0.1) is 18.0 Å². The number of carbonyl (C=O) groups is 2. The SMILES string of the molecule is Cc1ccc(N2C(=O)CS[C@@]23C(=O)N(Cc2ccc(F)cc2)c2ccccc23)cc1C. The van der Waals surface area contributed by atoms with Crippen molar-refractivity contribution in [3.63, 3.8) is 0 Å². The van der Waals surface area contributed by atoms with E-state index < -0.39 is 4.87 Å². The van der Waals surface area contributed by atoms with Crippen molar-refractivity contribution in [2.24, 2.45) is 0 Å². The zero-order valence-electron chi connectivity index (χ0n) is 17.3. The molecule has 31 heavy (non-hydrogen) atoms. The Morgan fingerprint density at radius 2 is 1.71 bits per heavy atom. The summed E-state index contributed by atoms with van der Waals surface area (Å²) < 4.78 is 13.4. The number of carbonyl (C=O) groups excluding carboxylic acids is 2. The van der Waals surface area contributed by atoms with E-state index in [1.165, 1.54) is 23.9 Å². The van der Waals surface area contributed by atoms with E-state index in [1.807, 2.05) is 56.3 Å². The van der Waals surface area contributed by atoms with Crippen LogP contribution in [0.4, 0.5) is 15.8 Å². The summed E-state index contributed by atoms with van der Waals surface area (Å²) in [5, 5.41) is 0. The first-order valence-electron chi connectivity index (χ1n) is 10.1. The zero-order valence-corrected chi connectivity index (χ0v) is 18.1. The van der Waals surface area contributed by atoms with Gasteiger partial charge in [-0.1, -0.05) is 36.4 Å². The van der Waals surface area contributed by atoms with Crippen LogP contribution >= 0.6 is 11.8 Å². The minimum atomic E-state index is -1.13. The largest absolute Gasteiger partial charge is 0.304 e. The number of halogens is 1. The molecular weight excluding hydrogens is 411 g/mol. The fraction of sp³-hybridized carbons (Fsp3) is 0.200. The molecule has 2 heterocycles. The second kappa shape index (κ2) is 7.24.